The maximum absolute atomic E-state index is 12.5. The summed E-state index contributed by atoms with van der Waals surface area (Å²) >= 11 is 1.48. The van der Waals surface area contributed by atoms with Crippen LogP contribution in [0, 0.1) is 13.8 Å². The number of aromatic amines is 1. The maximum Gasteiger partial charge on any atom is 0.266 e. The number of aryl methyl sites for hydroxylation is 2. The van der Waals surface area contributed by atoms with Crippen LogP contribution in [0.15, 0.2) is 41.2 Å². The lowest BCUT2D eigenvalue weighted by molar-refractivity contribution is 0.477. The number of aromatic hydroxyl groups is 1. The first-order valence-electron chi connectivity index (χ1n) is 8.99. The minimum Gasteiger partial charge on any atom is -0.507 e. The third kappa shape index (κ3) is 2.83. The van der Waals surface area contributed by atoms with Crippen molar-refractivity contribution in [2.45, 2.75) is 26.7 Å². The second-order valence-corrected chi connectivity index (χ2v) is 8.41. The molecule has 5 heteroatoms. The summed E-state index contributed by atoms with van der Waals surface area (Å²) in [6, 6.07) is 11.9. The van der Waals surface area contributed by atoms with Gasteiger partial charge in [0.05, 0.1) is 5.52 Å². The van der Waals surface area contributed by atoms with E-state index in [1.807, 2.05) is 32.0 Å². The van der Waals surface area contributed by atoms with Gasteiger partial charge in [-0.2, -0.15) is 0 Å². The molecular formula is C22H22N2O2S. The second kappa shape index (κ2) is 6.51. The summed E-state index contributed by atoms with van der Waals surface area (Å²) < 4.78 is 0.694. The smallest absolute Gasteiger partial charge is 0.266 e. The quantitative estimate of drug-likeness (QED) is 0.479. The van der Waals surface area contributed by atoms with Gasteiger partial charge >= 0.3 is 0 Å². The molecule has 27 heavy (non-hydrogen) atoms. The molecule has 138 valence electrons. The highest BCUT2D eigenvalue weighted by Crippen LogP contribution is 2.42. The van der Waals surface area contributed by atoms with E-state index in [1.165, 1.54) is 16.9 Å². The topological polar surface area (TPSA) is 79.1 Å². The van der Waals surface area contributed by atoms with Crippen LogP contribution >= 0.6 is 11.3 Å². The van der Waals surface area contributed by atoms with Gasteiger partial charge in [-0.25, -0.2) is 0 Å². The Balaban J connectivity index is 2.08. The zero-order valence-corrected chi connectivity index (χ0v) is 16.4. The van der Waals surface area contributed by atoms with E-state index >= 15 is 0 Å². The fourth-order valence-corrected chi connectivity index (χ4v) is 4.59. The Morgan fingerprint density at radius 2 is 1.89 bits per heavy atom. The van der Waals surface area contributed by atoms with E-state index < -0.39 is 0 Å². The van der Waals surface area contributed by atoms with Gasteiger partial charge in [0.2, 0.25) is 0 Å². The van der Waals surface area contributed by atoms with Crippen molar-refractivity contribution in [2.75, 3.05) is 6.54 Å². The van der Waals surface area contributed by atoms with E-state index in [2.05, 4.69) is 24.0 Å². The van der Waals surface area contributed by atoms with Gasteiger partial charge in [0.25, 0.3) is 5.56 Å². The number of nitrogens with two attached hydrogens (primary N) is 1. The zero-order valence-electron chi connectivity index (χ0n) is 15.6. The van der Waals surface area contributed by atoms with Crippen molar-refractivity contribution in [3.63, 3.8) is 0 Å². The summed E-state index contributed by atoms with van der Waals surface area (Å²) in [6.07, 6.45) is 0. The number of rotatable bonds is 3. The molecule has 0 saturated carbocycles. The lowest BCUT2D eigenvalue weighted by atomic mass is 9.93. The van der Waals surface area contributed by atoms with Crippen molar-refractivity contribution in [1.29, 1.82) is 0 Å². The summed E-state index contributed by atoms with van der Waals surface area (Å²) in [4.78, 5) is 16.6. The predicted molar refractivity (Wildman–Crippen MR) is 114 cm³/mol. The first-order chi connectivity index (χ1) is 12.9. The molecule has 1 atom stereocenters. The summed E-state index contributed by atoms with van der Waals surface area (Å²) in [7, 11) is 0. The van der Waals surface area contributed by atoms with Gasteiger partial charge in [0, 0.05) is 21.2 Å². The van der Waals surface area contributed by atoms with Crippen molar-refractivity contribution in [2.24, 2.45) is 5.73 Å². The van der Waals surface area contributed by atoms with Gasteiger partial charge in [-0.1, -0.05) is 31.2 Å². The SMILES string of the molecule is Cc1cc2c(s1)c(=O)[nH]c1c(C)cc(O)c(-c3ccc([C@@H](C)CN)cc3)c12. The van der Waals surface area contributed by atoms with Crippen LogP contribution in [0.25, 0.3) is 32.1 Å². The number of phenols is 1. The molecule has 4 aromatic rings. The Morgan fingerprint density at radius 1 is 1.19 bits per heavy atom. The first kappa shape index (κ1) is 17.8. The van der Waals surface area contributed by atoms with Crippen LogP contribution in [-0.4, -0.2) is 16.6 Å². The molecular weight excluding hydrogens is 356 g/mol. The molecule has 2 aromatic carbocycles. The third-order valence-electron chi connectivity index (χ3n) is 5.20. The minimum absolute atomic E-state index is 0.0811. The number of phenolic OH excluding ortho intramolecular Hbond substituents is 1. The standard InChI is InChI=1S/C22H22N2O2S/c1-11-8-17(25)18(15-6-4-14(5-7-15)12(2)10-23)19-16-9-13(3)27-21(16)22(26)24-20(11)19/h4-9,12,25H,10,23H2,1-3H3,(H,24,26)/t12-/m0/s1. The average Bonchev–Trinajstić information content (AvgIpc) is 3.05. The van der Waals surface area contributed by atoms with Gasteiger partial charge < -0.3 is 15.8 Å². The summed E-state index contributed by atoms with van der Waals surface area (Å²) in [5.74, 6) is 0.502. The van der Waals surface area contributed by atoms with Crippen molar-refractivity contribution in [1.82, 2.24) is 4.98 Å². The monoisotopic (exact) mass is 378 g/mol. The van der Waals surface area contributed by atoms with Gasteiger partial charge in [-0.05, 0) is 55.1 Å². The molecule has 0 fully saturated rings. The molecule has 0 aliphatic heterocycles. The van der Waals surface area contributed by atoms with Crippen molar-refractivity contribution in [3.05, 3.63) is 62.8 Å². The molecule has 0 amide bonds. The number of nitrogens with one attached hydrogen (secondary N) is 1. The number of H-pyrrole nitrogens is 1. The molecule has 0 radical (unpaired) electrons. The predicted octanol–water partition coefficient (Wildman–Crippen LogP) is 4.79. The van der Waals surface area contributed by atoms with Crippen LogP contribution in [0.2, 0.25) is 0 Å². The highest BCUT2D eigenvalue weighted by atomic mass is 32.1. The number of hydrogen-bond donors (Lipinski definition) is 3. The molecule has 0 unspecified atom stereocenters. The van der Waals surface area contributed by atoms with Gasteiger partial charge in [0.15, 0.2) is 0 Å². The number of hydrogen-bond acceptors (Lipinski definition) is 4. The third-order valence-corrected chi connectivity index (χ3v) is 6.24. The van der Waals surface area contributed by atoms with Crippen LogP contribution in [0.4, 0.5) is 0 Å². The maximum atomic E-state index is 12.5. The first-order valence-corrected chi connectivity index (χ1v) is 9.81. The van der Waals surface area contributed by atoms with Gasteiger partial charge in [-0.15, -0.1) is 11.3 Å². The Labute approximate surface area is 161 Å². The van der Waals surface area contributed by atoms with Crippen LogP contribution in [0.1, 0.15) is 28.8 Å². The minimum atomic E-state index is -0.0811. The molecule has 4 N–H and O–H groups in total. The number of pyridine rings is 1. The second-order valence-electron chi connectivity index (χ2n) is 7.15. The van der Waals surface area contributed by atoms with Crippen molar-refractivity contribution in [3.8, 4) is 16.9 Å². The molecule has 4 rings (SSSR count). The molecule has 0 spiro atoms. The number of aromatic nitrogens is 1. The summed E-state index contributed by atoms with van der Waals surface area (Å²) in [5, 5.41) is 12.6. The molecule has 2 aromatic heterocycles. The summed E-state index contributed by atoms with van der Waals surface area (Å²) in [6.45, 7) is 6.58. The Kier molecular flexibility index (Phi) is 4.29. The highest BCUT2D eigenvalue weighted by molar-refractivity contribution is 7.19. The fraction of sp³-hybridized carbons (Fsp3) is 0.227. The fourth-order valence-electron chi connectivity index (χ4n) is 3.68. The molecule has 4 nitrogen and oxygen atoms in total. The molecule has 0 saturated heterocycles. The highest BCUT2D eigenvalue weighted by Gasteiger charge is 2.18. The van der Waals surface area contributed by atoms with E-state index in [9.17, 15) is 9.90 Å². The van der Waals surface area contributed by atoms with Crippen LogP contribution in [0.3, 0.4) is 0 Å². The average molecular weight is 378 g/mol. The van der Waals surface area contributed by atoms with Crippen molar-refractivity contribution < 1.29 is 5.11 Å². The Hall–Kier alpha value is -2.63. The van der Waals surface area contributed by atoms with E-state index in [0.29, 0.717) is 11.2 Å². The van der Waals surface area contributed by atoms with E-state index in [4.69, 9.17) is 5.73 Å². The van der Waals surface area contributed by atoms with E-state index in [0.717, 1.165) is 37.9 Å². The zero-order chi connectivity index (χ0) is 19.3. The normalized spacial score (nSPS) is 12.7. The molecule has 0 aliphatic rings. The van der Waals surface area contributed by atoms with Gasteiger partial charge in [-0.3, -0.25) is 4.79 Å². The van der Waals surface area contributed by atoms with Gasteiger partial charge in [0.1, 0.15) is 10.4 Å². The Morgan fingerprint density at radius 3 is 2.56 bits per heavy atom. The largest absolute Gasteiger partial charge is 0.507 e. The Bertz CT molecular complexity index is 1220. The van der Waals surface area contributed by atoms with E-state index in [-0.39, 0.29) is 17.2 Å². The van der Waals surface area contributed by atoms with Crippen LogP contribution < -0.4 is 11.3 Å². The number of fused-ring (bicyclic) bond motifs is 3. The van der Waals surface area contributed by atoms with Crippen molar-refractivity contribution >= 4 is 32.3 Å². The lowest BCUT2D eigenvalue weighted by Crippen LogP contribution is -2.08. The molecule has 2 heterocycles. The van der Waals surface area contributed by atoms with Crippen LogP contribution in [-0.2, 0) is 0 Å². The van der Waals surface area contributed by atoms with Crippen LogP contribution in [0.5, 0.6) is 5.75 Å². The lowest BCUT2D eigenvalue weighted by Gasteiger charge is -2.14. The van der Waals surface area contributed by atoms with E-state index in [1.54, 1.807) is 6.07 Å². The molecule has 0 aliphatic carbocycles. The summed E-state index contributed by atoms with van der Waals surface area (Å²) in [5.41, 5.74) is 10.2. The molecule has 0 bridgehead atoms. The number of benzene rings is 2. The number of thiophene rings is 1.